The zero-order valence-electron chi connectivity index (χ0n) is 25.0. The second kappa shape index (κ2) is 11.3. The fourth-order valence-corrected chi connectivity index (χ4v) is 8.91. The number of nitrogens with one attached hydrogen (secondary N) is 2. The van der Waals surface area contributed by atoms with Crippen LogP contribution in [0.4, 0.5) is 0 Å². The van der Waals surface area contributed by atoms with E-state index >= 15 is 0 Å². The van der Waals surface area contributed by atoms with Crippen molar-refractivity contribution >= 4 is 27.7 Å². The highest BCUT2D eigenvalue weighted by atomic mass is 32.2. The summed E-state index contributed by atoms with van der Waals surface area (Å²) in [6, 6.07) is 8.23. The molecule has 0 bridgehead atoms. The van der Waals surface area contributed by atoms with Gasteiger partial charge >= 0.3 is 0 Å². The summed E-state index contributed by atoms with van der Waals surface area (Å²) in [5.41, 5.74) is 1.09. The minimum absolute atomic E-state index is 0.0437. The van der Waals surface area contributed by atoms with E-state index in [9.17, 15) is 23.3 Å². The number of rotatable bonds is 10. The number of carbonyl (C=O) groups excluding carboxylic acids is 2. The molecule has 13 nitrogen and oxygen atoms in total. The number of fused-ring (bicyclic) bond motifs is 1. The Bertz CT molecular complexity index is 1710. The number of amidine groups is 1. The van der Waals surface area contributed by atoms with Crippen molar-refractivity contribution in [2.75, 3.05) is 26.2 Å². The van der Waals surface area contributed by atoms with Gasteiger partial charge in [-0.15, -0.1) is 0 Å². The van der Waals surface area contributed by atoms with Crippen LogP contribution in [0, 0.1) is 29.1 Å². The van der Waals surface area contributed by atoms with Gasteiger partial charge in [0.15, 0.2) is 11.3 Å². The number of nitrogens with zero attached hydrogens (tertiary/aromatic N) is 7. The third-order valence-electron chi connectivity index (χ3n) is 9.78. The molecule has 0 radical (unpaired) electrons. The molecule has 2 saturated heterocycles. The van der Waals surface area contributed by atoms with Crippen LogP contribution in [0.25, 0.3) is 0 Å². The monoisotopic (exact) mass is 629 g/mol. The van der Waals surface area contributed by atoms with Gasteiger partial charge < -0.3 is 9.97 Å². The third-order valence-corrected chi connectivity index (χ3v) is 11.7. The number of ketones is 1. The summed E-state index contributed by atoms with van der Waals surface area (Å²) in [5, 5.41) is 9.17. The molecule has 1 aromatic carbocycles. The molecule has 14 heteroatoms. The van der Waals surface area contributed by atoms with E-state index in [2.05, 4.69) is 32.9 Å². The Morgan fingerprint density at radius 3 is 2.13 bits per heavy atom. The lowest BCUT2D eigenvalue weighted by molar-refractivity contribution is -0.132. The van der Waals surface area contributed by atoms with Crippen molar-refractivity contribution in [3.63, 3.8) is 0 Å². The predicted molar refractivity (Wildman–Crippen MR) is 163 cm³/mol. The Morgan fingerprint density at radius 2 is 1.60 bits per heavy atom. The maximum absolute atomic E-state index is 14.6. The van der Waals surface area contributed by atoms with Gasteiger partial charge in [0.1, 0.15) is 5.84 Å². The Labute approximate surface area is 261 Å². The maximum Gasteiger partial charge on any atom is 0.281 e. The Morgan fingerprint density at radius 1 is 1.00 bits per heavy atom. The number of amides is 1. The molecule has 234 valence electrons. The zero-order valence-corrected chi connectivity index (χ0v) is 25.8. The Kier molecular flexibility index (Phi) is 7.42. The number of aromatic amines is 2. The van der Waals surface area contributed by atoms with Crippen molar-refractivity contribution in [3.05, 3.63) is 71.8 Å². The number of aromatic nitrogens is 4. The van der Waals surface area contributed by atoms with Gasteiger partial charge in [0.25, 0.3) is 16.1 Å². The van der Waals surface area contributed by atoms with E-state index in [4.69, 9.17) is 4.99 Å². The van der Waals surface area contributed by atoms with Crippen LogP contribution in [0.1, 0.15) is 53.5 Å². The fraction of sp³-hybridized carbons (Fsp3) is 0.484. The largest absolute Gasteiger partial charge is 0.348 e. The van der Waals surface area contributed by atoms with E-state index in [1.54, 1.807) is 62.8 Å². The number of hydrogen-bond donors (Lipinski definition) is 2. The van der Waals surface area contributed by atoms with Crippen molar-refractivity contribution < 1.29 is 18.0 Å². The predicted octanol–water partition coefficient (Wildman–Crippen LogP) is 1.95. The lowest BCUT2D eigenvalue weighted by Gasteiger charge is -2.34. The highest BCUT2D eigenvalue weighted by molar-refractivity contribution is 7.86. The number of hydrogen-bond acceptors (Lipinski definition) is 8. The SMILES string of the molecule is CC1CCN(S(=O)(=O)N2C[C@@H]3C(N4C(=O)C(Cc5cnc[nH]5)(Cc5cnc[nH]5)N=C4CC(=O)c4ccc(C#N)cc4)[C@H]3C2)CC1. The molecule has 1 saturated carbocycles. The summed E-state index contributed by atoms with van der Waals surface area (Å²) in [5.74, 6) is 0.377. The van der Waals surface area contributed by atoms with Crippen LogP contribution in [-0.2, 0) is 27.8 Å². The smallest absolute Gasteiger partial charge is 0.281 e. The summed E-state index contributed by atoms with van der Waals surface area (Å²) >= 11 is 0. The molecule has 1 aliphatic carbocycles. The molecule has 0 unspecified atom stereocenters. The molecular formula is C31H35N9O4S. The van der Waals surface area contributed by atoms with Gasteiger partial charge in [0.05, 0.1) is 30.7 Å². The molecule has 2 N–H and O–H groups in total. The van der Waals surface area contributed by atoms with Crippen LogP contribution in [0.5, 0.6) is 0 Å². The fourth-order valence-electron chi connectivity index (χ4n) is 7.19. The second-order valence-corrected chi connectivity index (χ2v) is 14.7. The summed E-state index contributed by atoms with van der Waals surface area (Å²) in [7, 11) is -3.58. The number of H-pyrrole nitrogens is 2. The first kappa shape index (κ1) is 29.5. The second-order valence-electron chi connectivity index (χ2n) is 12.8. The van der Waals surface area contributed by atoms with E-state index in [1.165, 1.54) is 0 Å². The number of Topliss-reactive ketones (excluding diaryl/α,β-unsaturated/α-hetero) is 1. The molecule has 3 aromatic rings. The van der Waals surface area contributed by atoms with Gasteiger partial charge in [-0.2, -0.15) is 22.3 Å². The van der Waals surface area contributed by atoms with Crippen LogP contribution < -0.4 is 0 Å². The zero-order chi connectivity index (χ0) is 31.3. The molecule has 0 spiro atoms. The minimum atomic E-state index is -3.58. The quantitative estimate of drug-likeness (QED) is 0.323. The number of nitriles is 1. The number of aliphatic imine (C=N–C) groups is 1. The summed E-state index contributed by atoms with van der Waals surface area (Å²) < 4.78 is 30.1. The maximum atomic E-state index is 14.6. The van der Waals surface area contributed by atoms with Crippen LogP contribution in [0.2, 0.25) is 0 Å². The van der Waals surface area contributed by atoms with Crippen molar-refractivity contribution in [2.24, 2.45) is 22.7 Å². The molecule has 4 aliphatic rings. The first-order valence-electron chi connectivity index (χ1n) is 15.3. The normalized spacial score (nSPS) is 25.2. The van der Waals surface area contributed by atoms with Gasteiger partial charge in [-0.1, -0.05) is 19.1 Å². The lowest BCUT2D eigenvalue weighted by atomic mass is 9.88. The molecule has 45 heavy (non-hydrogen) atoms. The number of piperidine rings is 2. The highest BCUT2D eigenvalue weighted by Crippen LogP contribution is 2.52. The van der Waals surface area contributed by atoms with Crippen molar-refractivity contribution in [3.8, 4) is 6.07 Å². The van der Waals surface area contributed by atoms with Crippen LogP contribution in [0.3, 0.4) is 0 Å². The van der Waals surface area contributed by atoms with E-state index in [0.717, 1.165) is 24.2 Å². The lowest BCUT2D eigenvalue weighted by Crippen LogP contribution is -2.50. The summed E-state index contributed by atoms with van der Waals surface area (Å²) in [6.07, 6.45) is 8.53. The molecule has 3 fully saturated rings. The minimum Gasteiger partial charge on any atom is -0.348 e. The van der Waals surface area contributed by atoms with E-state index in [0.29, 0.717) is 49.1 Å². The summed E-state index contributed by atoms with van der Waals surface area (Å²) in [4.78, 5) is 49.3. The molecule has 3 aliphatic heterocycles. The van der Waals surface area contributed by atoms with Gasteiger partial charge in [-0.25, -0.2) is 9.97 Å². The van der Waals surface area contributed by atoms with Gasteiger partial charge in [-0.05, 0) is 30.9 Å². The number of imidazole rings is 2. The average Bonchev–Trinajstić information content (AvgIpc) is 3.64. The molecule has 2 atom stereocenters. The molecule has 5 heterocycles. The van der Waals surface area contributed by atoms with E-state index < -0.39 is 15.7 Å². The highest BCUT2D eigenvalue weighted by Gasteiger charge is 2.65. The van der Waals surface area contributed by atoms with Gasteiger partial charge in [0, 0.05) is 86.2 Å². The first-order valence-corrected chi connectivity index (χ1v) is 16.7. The average molecular weight is 630 g/mol. The first-order chi connectivity index (χ1) is 21.7. The van der Waals surface area contributed by atoms with Crippen LogP contribution >= 0.6 is 0 Å². The van der Waals surface area contributed by atoms with Crippen LogP contribution in [-0.4, -0.2) is 97.1 Å². The van der Waals surface area contributed by atoms with Crippen LogP contribution in [0.15, 0.2) is 54.3 Å². The molecule has 2 aromatic heterocycles. The molecule has 7 rings (SSSR count). The standard InChI is InChI=1S/C31H35N9O4S/c1-20-6-8-38(9-7-20)45(43,44)39-16-25-26(17-39)29(25)40-28(10-27(41)22-4-2-21(13-32)3-5-22)37-31(30(40)42,11-23-14-33-18-35-23)12-24-15-34-19-36-24/h2-5,14-15,18-20,25-26,29H,6-12,16-17H2,1H3,(H,33,35)(H,34,36)/t25-,26-/m0/s1. The number of carbonyl (C=O) groups is 2. The molecular weight excluding hydrogens is 594 g/mol. The van der Waals surface area contributed by atoms with Crippen molar-refractivity contribution in [1.29, 1.82) is 5.26 Å². The topological polar surface area (TPSA) is 172 Å². The van der Waals surface area contributed by atoms with Crippen molar-refractivity contribution in [2.45, 2.75) is 50.6 Å². The van der Waals surface area contributed by atoms with Gasteiger partial charge in [0.2, 0.25) is 0 Å². The number of benzene rings is 1. The molecule has 1 amide bonds. The van der Waals surface area contributed by atoms with Gasteiger partial charge in [-0.3, -0.25) is 19.5 Å². The third kappa shape index (κ3) is 5.38. The van der Waals surface area contributed by atoms with E-state index in [1.807, 2.05) is 0 Å². The summed E-state index contributed by atoms with van der Waals surface area (Å²) in [6.45, 7) is 3.87. The Hall–Kier alpha value is -4.19. The Balaban J connectivity index is 1.17. The van der Waals surface area contributed by atoms with Crippen molar-refractivity contribution in [1.82, 2.24) is 33.4 Å². The van der Waals surface area contributed by atoms with E-state index in [-0.39, 0.29) is 48.8 Å².